The van der Waals surface area contributed by atoms with E-state index >= 15 is 0 Å². The molecule has 33 heavy (non-hydrogen) atoms. The smallest absolute Gasteiger partial charge is 0.291 e. The van der Waals surface area contributed by atoms with Gasteiger partial charge in [0.05, 0.1) is 12.3 Å². The summed E-state index contributed by atoms with van der Waals surface area (Å²) >= 11 is 1.58. The molecule has 0 spiro atoms. The molecule has 0 saturated carbocycles. The molecule has 1 amide bonds. The van der Waals surface area contributed by atoms with Crippen LogP contribution in [-0.2, 0) is 0 Å². The van der Waals surface area contributed by atoms with Crippen LogP contribution in [0.2, 0.25) is 0 Å². The standard InChI is InChI=1S/C27H29N3O2S/c1-16(2)20-8-10-21(11-9-20)25(29-23-15-17(3)12-13-28-23)24-18(4)19(5)33-27(24)30-26(31)22-7-6-14-32-22/h6-16,25H,1-5H3,(H,28,29)(H,30,31)/t25-/m1/s1. The van der Waals surface area contributed by atoms with E-state index in [0.29, 0.717) is 5.92 Å². The third-order valence-corrected chi connectivity index (χ3v) is 6.98. The number of hydrogen-bond acceptors (Lipinski definition) is 5. The van der Waals surface area contributed by atoms with Crippen LogP contribution in [0.4, 0.5) is 10.8 Å². The van der Waals surface area contributed by atoms with E-state index in [0.717, 1.165) is 37.9 Å². The van der Waals surface area contributed by atoms with Crippen molar-refractivity contribution in [2.75, 3.05) is 10.6 Å². The van der Waals surface area contributed by atoms with Crippen molar-refractivity contribution in [3.05, 3.63) is 99.4 Å². The van der Waals surface area contributed by atoms with Crippen molar-refractivity contribution < 1.29 is 9.21 Å². The predicted octanol–water partition coefficient (Wildman–Crippen LogP) is 7.24. The van der Waals surface area contributed by atoms with Crippen LogP contribution in [0.5, 0.6) is 0 Å². The van der Waals surface area contributed by atoms with Crippen LogP contribution >= 0.6 is 11.3 Å². The maximum atomic E-state index is 12.8. The molecule has 0 saturated heterocycles. The maximum absolute atomic E-state index is 12.8. The van der Waals surface area contributed by atoms with Gasteiger partial charge in [0.25, 0.3) is 5.91 Å². The van der Waals surface area contributed by atoms with Gasteiger partial charge in [-0.15, -0.1) is 11.3 Å². The Kier molecular flexibility index (Phi) is 6.65. The number of carbonyl (C=O) groups is 1. The summed E-state index contributed by atoms with van der Waals surface area (Å²) in [5.74, 6) is 1.28. The van der Waals surface area contributed by atoms with E-state index in [1.54, 1.807) is 23.5 Å². The Balaban J connectivity index is 1.78. The van der Waals surface area contributed by atoms with Crippen LogP contribution in [0, 0.1) is 20.8 Å². The second-order valence-electron chi connectivity index (χ2n) is 8.57. The van der Waals surface area contributed by atoms with E-state index in [1.807, 2.05) is 25.3 Å². The molecule has 0 radical (unpaired) electrons. The number of benzene rings is 1. The van der Waals surface area contributed by atoms with Gasteiger partial charge in [0.15, 0.2) is 5.76 Å². The number of amides is 1. The summed E-state index contributed by atoms with van der Waals surface area (Å²) in [7, 11) is 0. The lowest BCUT2D eigenvalue weighted by Crippen LogP contribution is -2.18. The van der Waals surface area contributed by atoms with E-state index in [9.17, 15) is 4.79 Å². The van der Waals surface area contributed by atoms with Gasteiger partial charge in [-0.25, -0.2) is 4.98 Å². The van der Waals surface area contributed by atoms with Crippen molar-refractivity contribution in [2.24, 2.45) is 0 Å². The zero-order valence-corrected chi connectivity index (χ0v) is 20.4. The highest BCUT2D eigenvalue weighted by atomic mass is 32.1. The Morgan fingerprint density at radius 3 is 2.39 bits per heavy atom. The molecule has 170 valence electrons. The fraction of sp³-hybridized carbons (Fsp3) is 0.259. The molecule has 2 N–H and O–H groups in total. The fourth-order valence-corrected chi connectivity index (χ4v) is 4.91. The zero-order valence-electron chi connectivity index (χ0n) is 19.6. The van der Waals surface area contributed by atoms with Crippen LogP contribution in [-0.4, -0.2) is 10.9 Å². The minimum Gasteiger partial charge on any atom is -0.459 e. The number of pyridine rings is 1. The number of furan rings is 1. The Morgan fingerprint density at radius 1 is 1.03 bits per heavy atom. The van der Waals surface area contributed by atoms with Gasteiger partial charge in [0.2, 0.25) is 0 Å². The van der Waals surface area contributed by atoms with Gasteiger partial charge < -0.3 is 15.1 Å². The van der Waals surface area contributed by atoms with Crippen molar-refractivity contribution in [1.82, 2.24) is 4.98 Å². The highest BCUT2D eigenvalue weighted by Gasteiger charge is 2.26. The molecule has 0 aliphatic rings. The van der Waals surface area contributed by atoms with E-state index in [1.165, 1.54) is 11.8 Å². The van der Waals surface area contributed by atoms with Crippen molar-refractivity contribution in [1.29, 1.82) is 0 Å². The zero-order chi connectivity index (χ0) is 23.5. The normalized spacial score (nSPS) is 12.1. The van der Waals surface area contributed by atoms with Crippen LogP contribution < -0.4 is 10.6 Å². The molecule has 1 atom stereocenters. The van der Waals surface area contributed by atoms with E-state index < -0.39 is 0 Å². The summed E-state index contributed by atoms with van der Waals surface area (Å²) in [6, 6.07) is 15.9. The Morgan fingerprint density at radius 2 is 1.76 bits per heavy atom. The monoisotopic (exact) mass is 459 g/mol. The van der Waals surface area contributed by atoms with Gasteiger partial charge in [0, 0.05) is 16.6 Å². The number of thiophene rings is 1. The van der Waals surface area contributed by atoms with Crippen molar-refractivity contribution >= 4 is 28.1 Å². The molecular formula is C27H29N3O2S. The lowest BCUT2D eigenvalue weighted by atomic mass is 9.93. The lowest BCUT2D eigenvalue weighted by molar-refractivity contribution is 0.0997. The van der Waals surface area contributed by atoms with Crippen molar-refractivity contribution in [3.63, 3.8) is 0 Å². The van der Waals surface area contributed by atoms with Crippen LogP contribution in [0.3, 0.4) is 0 Å². The van der Waals surface area contributed by atoms with E-state index in [2.05, 4.69) is 67.6 Å². The van der Waals surface area contributed by atoms with Gasteiger partial charge in [-0.05, 0) is 73.2 Å². The number of nitrogens with one attached hydrogen (secondary N) is 2. The second kappa shape index (κ2) is 9.63. The molecule has 4 aromatic rings. The van der Waals surface area contributed by atoms with Crippen LogP contribution in [0.25, 0.3) is 0 Å². The SMILES string of the molecule is Cc1ccnc(N[C@H](c2ccc(C(C)C)cc2)c2c(NC(=O)c3ccco3)sc(C)c2C)c1. The van der Waals surface area contributed by atoms with E-state index in [-0.39, 0.29) is 17.7 Å². The molecule has 3 heterocycles. The number of nitrogens with zero attached hydrogens (tertiary/aromatic N) is 1. The number of aromatic nitrogens is 1. The second-order valence-corrected chi connectivity index (χ2v) is 9.80. The topological polar surface area (TPSA) is 67.2 Å². The van der Waals surface area contributed by atoms with Crippen molar-refractivity contribution in [3.8, 4) is 0 Å². The molecule has 0 aliphatic carbocycles. The number of aryl methyl sites for hydroxylation is 2. The van der Waals surface area contributed by atoms with Crippen molar-refractivity contribution in [2.45, 2.75) is 46.6 Å². The molecule has 0 fully saturated rings. The minimum atomic E-state index is -0.259. The average molecular weight is 460 g/mol. The minimum absolute atomic E-state index is 0.183. The molecule has 4 rings (SSSR count). The highest BCUT2D eigenvalue weighted by molar-refractivity contribution is 7.16. The molecule has 0 unspecified atom stereocenters. The summed E-state index contributed by atoms with van der Waals surface area (Å²) in [6.45, 7) is 10.6. The third kappa shape index (κ3) is 5.01. The first-order valence-corrected chi connectivity index (χ1v) is 11.9. The first kappa shape index (κ1) is 22.8. The largest absolute Gasteiger partial charge is 0.459 e. The quantitative estimate of drug-likeness (QED) is 0.306. The van der Waals surface area contributed by atoms with Gasteiger partial charge >= 0.3 is 0 Å². The summed E-state index contributed by atoms with van der Waals surface area (Å²) in [5.41, 5.74) is 5.71. The number of hydrogen-bond donors (Lipinski definition) is 2. The van der Waals surface area contributed by atoms with Gasteiger partial charge in [-0.3, -0.25) is 4.79 Å². The van der Waals surface area contributed by atoms with E-state index in [4.69, 9.17) is 4.42 Å². The molecular weight excluding hydrogens is 430 g/mol. The number of carbonyl (C=O) groups excluding carboxylic acids is 1. The summed E-state index contributed by atoms with van der Waals surface area (Å²) in [6.07, 6.45) is 3.31. The van der Waals surface area contributed by atoms with Gasteiger partial charge in [-0.2, -0.15) is 0 Å². The van der Waals surface area contributed by atoms with Gasteiger partial charge in [0.1, 0.15) is 10.8 Å². The van der Waals surface area contributed by atoms with Gasteiger partial charge in [-0.1, -0.05) is 38.1 Å². The molecule has 6 heteroatoms. The molecule has 3 aromatic heterocycles. The molecule has 0 bridgehead atoms. The number of anilines is 2. The average Bonchev–Trinajstić information content (AvgIpc) is 3.42. The third-order valence-electron chi connectivity index (χ3n) is 5.84. The Hall–Kier alpha value is -3.38. The summed E-state index contributed by atoms with van der Waals surface area (Å²) in [5, 5.41) is 7.51. The maximum Gasteiger partial charge on any atom is 0.291 e. The van der Waals surface area contributed by atoms with Crippen LogP contribution in [0.1, 0.15) is 69.1 Å². The van der Waals surface area contributed by atoms with Crippen LogP contribution in [0.15, 0.2) is 65.4 Å². The first-order valence-electron chi connectivity index (χ1n) is 11.1. The Labute approximate surface area is 198 Å². The highest BCUT2D eigenvalue weighted by Crippen LogP contribution is 2.41. The summed E-state index contributed by atoms with van der Waals surface area (Å²) < 4.78 is 5.30. The summed E-state index contributed by atoms with van der Waals surface area (Å²) in [4.78, 5) is 18.5. The first-order chi connectivity index (χ1) is 15.8. The molecule has 0 aliphatic heterocycles. The number of rotatable bonds is 7. The Bertz CT molecular complexity index is 1240. The fourth-order valence-electron chi connectivity index (χ4n) is 3.82. The lowest BCUT2D eigenvalue weighted by Gasteiger charge is -2.23. The predicted molar refractivity (Wildman–Crippen MR) is 135 cm³/mol. The molecule has 1 aromatic carbocycles. The molecule has 5 nitrogen and oxygen atoms in total.